The third-order valence-electron chi connectivity index (χ3n) is 4.45. The molecule has 152 valence electrons. The van der Waals surface area contributed by atoms with Crippen LogP contribution in [0.4, 0.5) is 0 Å². The molecule has 0 aliphatic heterocycles. The quantitative estimate of drug-likeness (QED) is 0.420. The maximum Gasteiger partial charge on any atom is 0.251 e. The molecule has 6 heteroatoms. The van der Waals surface area contributed by atoms with E-state index >= 15 is 0 Å². The number of benzene rings is 2. The maximum absolute atomic E-state index is 12.1. The molecular weight excluding hydrogens is 376 g/mol. The number of halogens is 1. The van der Waals surface area contributed by atoms with E-state index in [2.05, 4.69) is 23.5 Å². The third-order valence-corrected chi connectivity index (χ3v) is 4.72. The monoisotopic (exact) mass is 404 g/mol. The van der Waals surface area contributed by atoms with Crippen LogP contribution in [-0.4, -0.2) is 38.7 Å². The Labute approximate surface area is 172 Å². The maximum atomic E-state index is 12.1. The predicted octanol–water partition coefficient (Wildman–Crippen LogP) is 3.31. The van der Waals surface area contributed by atoms with Crippen LogP contribution in [0.25, 0.3) is 0 Å². The van der Waals surface area contributed by atoms with Crippen molar-refractivity contribution in [2.45, 2.75) is 25.8 Å². The first-order valence-corrected chi connectivity index (χ1v) is 10.1. The zero-order valence-corrected chi connectivity index (χ0v) is 17.1. The summed E-state index contributed by atoms with van der Waals surface area (Å²) >= 11 is 5.75. The Morgan fingerprint density at radius 3 is 2.50 bits per heavy atom. The van der Waals surface area contributed by atoms with Crippen LogP contribution in [0, 0.1) is 0 Å². The van der Waals surface area contributed by atoms with Gasteiger partial charge in [0.15, 0.2) is 0 Å². The van der Waals surface area contributed by atoms with Gasteiger partial charge in [-0.25, -0.2) is 0 Å². The Hall–Kier alpha value is -2.08. The van der Waals surface area contributed by atoms with Crippen LogP contribution < -0.4 is 15.8 Å². The standard InChI is InChI=1S/C22H29ClN2O3/c1-27-21-15-17(3-2-11-23)4-7-19(21)10-13-28-14-12-25-22(26)20-8-5-18(16-24)6-9-20/h4-9,15H,2-3,10-14,16,24H2,1H3,(H,25,26). The van der Waals surface area contributed by atoms with Crippen molar-refractivity contribution < 1.29 is 14.3 Å². The lowest BCUT2D eigenvalue weighted by Gasteiger charge is -2.11. The average molecular weight is 405 g/mol. The first-order valence-electron chi connectivity index (χ1n) is 9.54. The Bertz CT molecular complexity index is 735. The summed E-state index contributed by atoms with van der Waals surface area (Å²) in [5.74, 6) is 1.43. The molecule has 0 unspecified atom stereocenters. The second-order valence-electron chi connectivity index (χ2n) is 6.46. The van der Waals surface area contributed by atoms with Crippen molar-refractivity contribution in [3.63, 3.8) is 0 Å². The van der Waals surface area contributed by atoms with Gasteiger partial charge in [0.1, 0.15) is 5.75 Å². The van der Waals surface area contributed by atoms with Gasteiger partial charge in [0.2, 0.25) is 0 Å². The van der Waals surface area contributed by atoms with Crippen molar-refractivity contribution >= 4 is 17.5 Å². The third kappa shape index (κ3) is 7.15. The lowest BCUT2D eigenvalue weighted by molar-refractivity contribution is 0.0916. The van der Waals surface area contributed by atoms with E-state index in [1.807, 2.05) is 12.1 Å². The minimum absolute atomic E-state index is 0.110. The number of rotatable bonds is 12. The summed E-state index contributed by atoms with van der Waals surface area (Å²) in [5.41, 5.74) is 9.52. The molecule has 0 saturated heterocycles. The van der Waals surface area contributed by atoms with E-state index in [9.17, 15) is 4.79 Å². The Morgan fingerprint density at radius 1 is 1.07 bits per heavy atom. The van der Waals surface area contributed by atoms with E-state index in [0.29, 0.717) is 37.7 Å². The Balaban J connectivity index is 1.68. The molecule has 0 atom stereocenters. The SMILES string of the molecule is COc1cc(CCCCl)ccc1CCOCCNC(=O)c1ccc(CN)cc1. The first-order chi connectivity index (χ1) is 13.7. The van der Waals surface area contributed by atoms with Gasteiger partial charge in [0.05, 0.1) is 20.3 Å². The van der Waals surface area contributed by atoms with E-state index in [4.69, 9.17) is 26.8 Å². The summed E-state index contributed by atoms with van der Waals surface area (Å²) in [4.78, 5) is 12.1. The van der Waals surface area contributed by atoms with E-state index < -0.39 is 0 Å². The molecule has 28 heavy (non-hydrogen) atoms. The number of carbonyl (C=O) groups is 1. The van der Waals surface area contributed by atoms with Gasteiger partial charge in [0.25, 0.3) is 5.91 Å². The molecule has 0 radical (unpaired) electrons. The number of carbonyl (C=O) groups excluding carboxylic acids is 1. The molecule has 0 aliphatic carbocycles. The molecular formula is C22H29ClN2O3. The lowest BCUT2D eigenvalue weighted by Crippen LogP contribution is -2.27. The Kier molecular flexibility index (Phi) is 9.83. The van der Waals surface area contributed by atoms with Crippen molar-refractivity contribution in [1.29, 1.82) is 0 Å². The van der Waals surface area contributed by atoms with Crippen molar-refractivity contribution in [1.82, 2.24) is 5.32 Å². The Morgan fingerprint density at radius 2 is 1.82 bits per heavy atom. The summed E-state index contributed by atoms with van der Waals surface area (Å²) in [6.07, 6.45) is 2.66. The topological polar surface area (TPSA) is 73.6 Å². The van der Waals surface area contributed by atoms with Crippen LogP contribution in [0.1, 0.15) is 33.5 Å². The first kappa shape index (κ1) is 22.2. The number of amides is 1. The second kappa shape index (κ2) is 12.4. The molecule has 2 aromatic carbocycles. The molecule has 0 saturated carbocycles. The minimum Gasteiger partial charge on any atom is -0.496 e. The number of alkyl halides is 1. The summed E-state index contributed by atoms with van der Waals surface area (Å²) in [6, 6.07) is 13.5. The van der Waals surface area contributed by atoms with E-state index in [0.717, 1.165) is 36.1 Å². The number of nitrogens with one attached hydrogen (secondary N) is 1. The number of methoxy groups -OCH3 is 1. The predicted molar refractivity (Wildman–Crippen MR) is 113 cm³/mol. The van der Waals surface area contributed by atoms with Crippen LogP contribution in [0.5, 0.6) is 5.75 Å². The molecule has 5 nitrogen and oxygen atoms in total. The average Bonchev–Trinajstić information content (AvgIpc) is 2.74. The van der Waals surface area contributed by atoms with Crippen LogP contribution >= 0.6 is 11.6 Å². The molecule has 0 heterocycles. The molecule has 3 N–H and O–H groups in total. The molecule has 0 aromatic heterocycles. The summed E-state index contributed by atoms with van der Waals surface area (Å²) in [7, 11) is 1.68. The minimum atomic E-state index is -0.110. The zero-order valence-electron chi connectivity index (χ0n) is 16.4. The highest BCUT2D eigenvalue weighted by Gasteiger charge is 2.06. The zero-order chi connectivity index (χ0) is 20.2. The van der Waals surface area contributed by atoms with Crippen LogP contribution in [0.2, 0.25) is 0 Å². The highest BCUT2D eigenvalue weighted by molar-refractivity contribution is 6.17. The molecule has 0 bridgehead atoms. The smallest absolute Gasteiger partial charge is 0.251 e. The van der Waals surface area contributed by atoms with Crippen molar-refractivity contribution in [3.8, 4) is 5.75 Å². The number of hydrogen-bond donors (Lipinski definition) is 2. The molecule has 0 fully saturated rings. The number of hydrogen-bond acceptors (Lipinski definition) is 4. The summed E-state index contributed by atoms with van der Waals surface area (Å²) in [5, 5.41) is 2.85. The van der Waals surface area contributed by atoms with Gasteiger partial charge in [-0.05, 0) is 54.2 Å². The molecule has 2 rings (SSSR count). The van der Waals surface area contributed by atoms with Crippen LogP contribution in [0.3, 0.4) is 0 Å². The fourth-order valence-corrected chi connectivity index (χ4v) is 2.97. The molecule has 0 aliphatic rings. The molecule has 1 amide bonds. The van der Waals surface area contributed by atoms with Crippen LogP contribution in [-0.2, 0) is 24.1 Å². The van der Waals surface area contributed by atoms with Gasteiger partial charge in [-0.2, -0.15) is 0 Å². The summed E-state index contributed by atoms with van der Waals surface area (Å²) in [6.45, 7) is 1.96. The fourth-order valence-electron chi connectivity index (χ4n) is 2.84. The van der Waals surface area contributed by atoms with Gasteiger partial charge >= 0.3 is 0 Å². The number of aryl methyl sites for hydroxylation is 1. The van der Waals surface area contributed by atoms with Gasteiger partial charge in [-0.15, -0.1) is 11.6 Å². The van der Waals surface area contributed by atoms with Crippen molar-refractivity contribution in [2.75, 3.05) is 32.7 Å². The molecule has 0 spiro atoms. The van der Waals surface area contributed by atoms with Crippen molar-refractivity contribution in [2.24, 2.45) is 5.73 Å². The largest absolute Gasteiger partial charge is 0.496 e. The van der Waals surface area contributed by atoms with Gasteiger partial charge < -0.3 is 20.5 Å². The van der Waals surface area contributed by atoms with E-state index in [1.54, 1.807) is 19.2 Å². The van der Waals surface area contributed by atoms with E-state index in [1.165, 1.54) is 5.56 Å². The van der Waals surface area contributed by atoms with Gasteiger partial charge in [-0.3, -0.25) is 4.79 Å². The second-order valence-corrected chi connectivity index (χ2v) is 6.84. The highest BCUT2D eigenvalue weighted by atomic mass is 35.5. The van der Waals surface area contributed by atoms with Crippen molar-refractivity contribution in [3.05, 3.63) is 64.7 Å². The number of nitrogens with two attached hydrogens (primary N) is 1. The summed E-state index contributed by atoms with van der Waals surface area (Å²) < 4.78 is 11.1. The highest BCUT2D eigenvalue weighted by Crippen LogP contribution is 2.21. The van der Waals surface area contributed by atoms with Gasteiger partial charge in [0, 0.05) is 24.5 Å². The lowest BCUT2D eigenvalue weighted by atomic mass is 10.0. The van der Waals surface area contributed by atoms with Crippen LogP contribution in [0.15, 0.2) is 42.5 Å². The fraction of sp³-hybridized carbons (Fsp3) is 0.409. The number of ether oxygens (including phenoxy) is 2. The normalized spacial score (nSPS) is 10.7. The molecule has 2 aromatic rings. The van der Waals surface area contributed by atoms with E-state index in [-0.39, 0.29) is 5.91 Å². The van der Waals surface area contributed by atoms with Gasteiger partial charge in [-0.1, -0.05) is 24.3 Å².